The number of hydrogen-bond donors (Lipinski definition) is 4. The van der Waals surface area contributed by atoms with E-state index in [1.54, 1.807) is 25.2 Å². The van der Waals surface area contributed by atoms with Crippen molar-refractivity contribution >= 4 is 11.8 Å². The van der Waals surface area contributed by atoms with Crippen molar-refractivity contribution < 1.29 is 38.9 Å². The van der Waals surface area contributed by atoms with E-state index in [4.69, 9.17) is 19.0 Å². The van der Waals surface area contributed by atoms with Crippen molar-refractivity contribution in [3.63, 3.8) is 0 Å². The van der Waals surface area contributed by atoms with E-state index in [1.165, 1.54) is 6.42 Å². The molecule has 0 spiro atoms. The topological polar surface area (TPSA) is 142 Å². The molecule has 2 heterocycles. The quantitative estimate of drug-likeness (QED) is 0.264. The van der Waals surface area contributed by atoms with Crippen LogP contribution in [0.2, 0.25) is 0 Å². The molecule has 3 aliphatic carbocycles. The zero-order valence-corrected chi connectivity index (χ0v) is 29.7. The number of carbonyl (C=O) groups excluding carboxylic acids is 2. The Bertz CT molecular complexity index is 1550. The number of aliphatic hydroxyl groups is 2. The summed E-state index contributed by atoms with van der Waals surface area (Å²) >= 11 is 0. The van der Waals surface area contributed by atoms with Gasteiger partial charge in [0.1, 0.15) is 17.9 Å². The summed E-state index contributed by atoms with van der Waals surface area (Å²) in [6.45, 7) is 9.49. The van der Waals surface area contributed by atoms with Crippen LogP contribution < -0.4 is 24.8 Å². The van der Waals surface area contributed by atoms with E-state index in [9.17, 15) is 19.8 Å². The Hall–Kier alpha value is -3.42. The van der Waals surface area contributed by atoms with Crippen molar-refractivity contribution in [2.45, 2.75) is 71.4 Å². The van der Waals surface area contributed by atoms with Gasteiger partial charge in [-0.2, -0.15) is 5.06 Å². The lowest BCUT2D eigenvalue weighted by molar-refractivity contribution is -0.183. The molecule has 2 aromatic carbocycles. The minimum absolute atomic E-state index is 0.0128. The van der Waals surface area contributed by atoms with Gasteiger partial charge in [0.25, 0.3) is 5.91 Å². The van der Waals surface area contributed by atoms with Gasteiger partial charge in [0.05, 0.1) is 31.9 Å². The summed E-state index contributed by atoms with van der Waals surface area (Å²) in [4.78, 5) is 35.7. The van der Waals surface area contributed by atoms with Crippen LogP contribution in [-0.4, -0.2) is 104 Å². The predicted octanol–water partition coefficient (Wildman–Crippen LogP) is 3.04. The smallest absolute Gasteiger partial charge is 0.255 e. The van der Waals surface area contributed by atoms with Crippen LogP contribution in [0.3, 0.4) is 0 Å². The van der Waals surface area contributed by atoms with Crippen LogP contribution in [0.25, 0.3) is 11.1 Å². The average molecular weight is 681 g/mol. The number of benzene rings is 2. The number of ether oxygens (including phenoxy) is 3. The molecule has 1 saturated heterocycles. The van der Waals surface area contributed by atoms with Crippen molar-refractivity contribution in [2.75, 3.05) is 47.7 Å². The molecule has 2 amide bonds. The van der Waals surface area contributed by atoms with Crippen LogP contribution in [-0.2, 0) is 16.2 Å². The Balaban J connectivity index is 1.28. The summed E-state index contributed by atoms with van der Waals surface area (Å²) in [5.74, 6) is 1.72. The molecular formula is C37H52N4O8. The third kappa shape index (κ3) is 6.61. The fourth-order valence-electron chi connectivity index (χ4n) is 8.65. The fourth-order valence-corrected chi connectivity index (χ4v) is 8.65. The summed E-state index contributed by atoms with van der Waals surface area (Å²) in [5.41, 5.74) is 2.78. The van der Waals surface area contributed by atoms with E-state index in [2.05, 4.69) is 31.4 Å². The molecule has 12 nitrogen and oxygen atoms in total. The van der Waals surface area contributed by atoms with Gasteiger partial charge in [-0.25, -0.2) is 0 Å². The number of carbonyl (C=O) groups is 2. The molecule has 2 bridgehead atoms. The van der Waals surface area contributed by atoms with Gasteiger partial charge in [-0.15, -0.1) is 0 Å². The largest absolute Gasteiger partial charge is 0.496 e. The zero-order chi connectivity index (χ0) is 35.2. The summed E-state index contributed by atoms with van der Waals surface area (Å²) < 4.78 is 17.4. The zero-order valence-electron chi connectivity index (χ0n) is 29.7. The predicted molar refractivity (Wildman–Crippen MR) is 183 cm³/mol. The fraction of sp³-hybridized carbons (Fsp3) is 0.622. The maximum atomic E-state index is 14.2. The van der Waals surface area contributed by atoms with E-state index in [0.29, 0.717) is 64.8 Å². The highest BCUT2D eigenvalue weighted by molar-refractivity contribution is 5.99. The Morgan fingerprint density at radius 2 is 1.96 bits per heavy atom. The lowest BCUT2D eigenvalue weighted by Crippen LogP contribution is -2.62. The van der Waals surface area contributed by atoms with E-state index in [-0.39, 0.29) is 43.2 Å². The van der Waals surface area contributed by atoms with Crippen LogP contribution in [0.1, 0.15) is 56.5 Å². The van der Waals surface area contributed by atoms with Gasteiger partial charge in [0, 0.05) is 36.2 Å². The molecule has 0 aromatic heterocycles. The van der Waals surface area contributed by atoms with Gasteiger partial charge in [0.2, 0.25) is 12.7 Å². The van der Waals surface area contributed by atoms with Crippen molar-refractivity contribution in [3.05, 3.63) is 41.5 Å². The maximum Gasteiger partial charge on any atom is 0.255 e. The van der Waals surface area contributed by atoms with E-state index in [1.807, 2.05) is 43.3 Å². The molecule has 49 heavy (non-hydrogen) atoms. The maximum absolute atomic E-state index is 14.2. The van der Waals surface area contributed by atoms with Gasteiger partial charge in [-0.3, -0.25) is 14.4 Å². The Morgan fingerprint density at radius 3 is 2.61 bits per heavy atom. The van der Waals surface area contributed by atoms with Gasteiger partial charge >= 0.3 is 0 Å². The molecule has 8 atom stereocenters. The molecule has 268 valence electrons. The summed E-state index contributed by atoms with van der Waals surface area (Å²) in [7, 11) is 5.46. The third-order valence-corrected chi connectivity index (χ3v) is 11.6. The number of likely N-dealkylation sites (N-methyl/N-ethyl adjacent to an activating group) is 1. The monoisotopic (exact) mass is 680 g/mol. The molecule has 12 heteroatoms. The standard InChI is InChI=1S/C37H52N4O8/c1-20-27-15-24(37(27,3)4)16-28(20)39-36(45)32-31(21(2)43)30(18-42)49-41(32)17-22-9-8-10-25(33(22)46-7)23-13-26(34-29(14-23)47-19-48-34)35(44)38-11-12-40(5)6/h8-10,13-14,20-21,24,27-28,30-32,42-43H,11-12,15-19H2,1-7H3,(H,38,44)(H,39,45)/t20-,21-,24+,27-,28+,30-,31+,32-/m0/s1. The molecule has 2 aromatic rings. The number of para-hydroxylation sites is 1. The molecule has 0 radical (unpaired) electrons. The number of fused-ring (bicyclic) bond motifs is 3. The molecule has 7 rings (SSSR count). The first-order valence-electron chi connectivity index (χ1n) is 17.4. The number of hydroxylamine groups is 2. The molecule has 0 unspecified atom stereocenters. The first-order chi connectivity index (χ1) is 23.3. The summed E-state index contributed by atoms with van der Waals surface area (Å²) in [6.07, 6.45) is 0.458. The third-order valence-electron chi connectivity index (χ3n) is 11.6. The van der Waals surface area contributed by atoms with Crippen LogP contribution in [0.4, 0.5) is 0 Å². The molecule has 2 aliphatic heterocycles. The summed E-state index contributed by atoms with van der Waals surface area (Å²) in [5, 5.41) is 29.0. The van der Waals surface area contributed by atoms with Crippen molar-refractivity contribution in [1.82, 2.24) is 20.6 Å². The van der Waals surface area contributed by atoms with E-state index in [0.717, 1.165) is 12.0 Å². The lowest BCUT2D eigenvalue weighted by Gasteiger charge is -2.62. The molecule has 4 fully saturated rings. The molecular weight excluding hydrogens is 628 g/mol. The van der Waals surface area contributed by atoms with Gasteiger partial charge in [-0.1, -0.05) is 39.0 Å². The first kappa shape index (κ1) is 35.4. The second kappa shape index (κ2) is 14.1. The number of amides is 2. The number of aliphatic hydroxyl groups excluding tert-OH is 2. The van der Waals surface area contributed by atoms with Gasteiger partial charge in [0.15, 0.2) is 11.5 Å². The number of methoxy groups -OCH3 is 1. The van der Waals surface area contributed by atoms with Crippen LogP contribution in [0.15, 0.2) is 30.3 Å². The molecule has 5 aliphatic rings. The van der Waals surface area contributed by atoms with Gasteiger partial charge < -0.3 is 40.0 Å². The first-order valence-corrected chi connectivity index (χ1v) is 17.4. The Kier molecular flexibility index (Phi) is 10.2. The normalized spacial score (nSPS) is 29.0. The SMILES string of the molecule is COc1c(CN2O[C@@H](CO)[C@@H]([C@H](C)O)[C@H]2C(=O)N[C@@H]2C[C@H]3C[C@@H]([C@@H]2C)C3(C)C)cccc1-c1cc2c(c(C(=O)NCCN(C)C)c1)OCO2. The van der Waals surface area contributed by atoms with E-state index < -0.39 is 24.2 Å². The second-order valence-electron chi connectivity index (χ2n) is 15.0. The second-order valence-corrected chi connectivity index (χ2v) is 15.0. The Labute approximate surface area is 289 Å². The number of nitrogens with zero attached hydrogens (tertiary/aromatic N) is 2. The van der Waals surface area contributed by atoms with Crippen LogP contribution >= 0.6 is 0 Å². The molecule has 4 N–H and O–H groups in total. The average Bonchev–Trinajstić information content (AvgIpc) is 3.69. The van der Waals surface area contributed by atoms with Crippen LogP contribution in [0, 0.1) is 29.1 Å². The van der Waals surface area contributed by atoms with Crippen molar-refractivity contribution in [3.8, 4) is 28.4 Å². The molecule has 3 saturated carbocycles. The summed E-state index contributed by atoms with van der Waals surface area (Å²) in [6, 6.07) is 8.46. The highest BCUT2D eigenvalue weighted by Crippen LogP contribution is 2.61. The Morgan fingerprint density at radius 1 is 1.18 bits per heavy atom. The highest BCUT2D eigenvalue weighted by atomic mass is 16.7. The van der Waals surface area contributed by atoms with Gasteiger partial charge in [-0.05, 0) is 74.7 Å². The minimum Gasteiger partial charge on any atom is -0.496 e. The highest BCUT2D eigenvalue weighted by Gasteiger charge is 2.57. The number of nitrogens with one attached hydrogen (secondary N) is 2. The minimum atomic E-state index is -0.904. The number of hydrogen-bond acceptors (Lipinski definition) is 10. The van der Waals surface area contributed by atoms with Crippen molar-refractivity contribution in [2.24, 2.45) is 29.1 Å². The number of rotatable bonds is 12. The van der Waals surface area contributed by atoms with Crippen LogP contribution in [0.5, 0.6) is 17.2 Å². The van der Waals surface area contributed by atoms with E-state index >= 15 is 0 Å². The lowest BCUT2D eigenvalue weighted by atomic mass is 9.45. The van der Waals surface area contributed by atoms with Crippen molar-refractivity contribution in [1.29, 1.82) is 0 Å².